The van der Waals surface area contributed by atoms with E-state index in [2.05, 4.69) is 9.97 Å². The summed E-state index contributed by atoms with van der Waals surface area (Å²) in [6, 6.07) is 9.10. The van der Waals surface area contributed by atoms with Crippen LogP contribution in [0.2, 0.25) is 0 Å². The monoisotopic (exact) mass is 506 g/mol. The van der Waals surface area contributed by atoms with Gasteiger partial charge in [0.25, 0.3) is 0 Å². The molecule has 194 valence electrons. The predicted molar refractivity (Wildman–Crippen MR) is 135 cm³/mol. The zero-order valence-electron chi connectivity index (χ0n) is 21.1. The first-order valence-corrected chi connectivity index (χ1v) is 12.7. The molecule has 2 atom stereocenters. The number of carboxylic acid groups (broad SMARTS) is 1. The second-order valence-electron chi connectivity index (χ2n) is 9.96. The average molecular weight is 507 g/mol. The molecule has 1 N–H and O–H groups in total. The van der Waals surface area contributed by atoms with Crippen molar-refractivity contribution in [3.05, 3.63) is 70.9 Å². The fraction of sp³-hybridized carbons (Fsp3) is 0.414. The van der Waals surface area contributed by atoms with Gasteiger partial charge in [-0.25, -0.2) is 9.37 Å². The van der Waals surface area contributed by atoms with Crippen molar-refractivity contribution >= 4 is 5.97 Å². The number of hydrogen-bond acceptors (Lipinski definition) is 6. The third-order valence-corrected chi connectivity index (χ3v) is 7.18. The van der Waals surface area contributed by atoms with Gasteiger partial charge in [-0.05, 0) is 85.5 Å². The number of halogens is 1. The van der Waals surface area contributed by atoms with Crippen LogP contribution in [-0.4, -0.2) is 40.9 Å². The van der Waals surface area contributed by atoms with Gasteiger partial charge in [-0.3, -0.25) is 9.78 Å². The molecule has 2 aromatic carbocycles. The topological polar surface area (TPSA) is 90.8 Å². The number of benzene rings is 2. The molecule has 1 saturated heterocycles. The highest BCUT2D eigenvalue weighted by molar-refractivity contribution is 5.75. The summed E-state index contributed by atoms with van der Waals surface area (Å²) in [5.74, 6) is -0.0357. The molecule has 5 rings (SSSR count). The minimum Gasteiger partial charge on any atom is -0.493 e. The largest absolute Gasteiger partial charge is 0.493 e. The van der Waals surface area contributed by atoms with Crippen molar-refractivity contribution in [2.24, 2.45) is 11.8 Å². The Morgan fingerprint density at radius 1 is 1.08 bits per heavy atom. The number of aromatic nitrogens is 2. The Bertz CT molecular complexity index is 1250. The Labute approximate surface area is 215 Å². The molecule has 2 fully saturated rings. The molecule has 0 bridgehead atoms. The van der Waals surface area contributed by atoms with Crippen molar-refractivity contribution in [3.63, 3.8) is 0 Å². The van der Waals surface area contributed by atoms with Gasteiger partial charge in [0.2, 0.25) is 5.88 Å². The highest BCUT2D eigenvalue weighted by Crippen LogP contribution is 2.46. The number of ether oxygens (including phenoxy) is 3. The van der Waals surface area contributed by atoms with Gasteiger partial charge in [-0.1, -0.05) is 6.07 Å². The first-order valence-electron chi connectivity index (χ1n) is 12.7. The van der Waals surface area contributed by atoms with Crippen LogP contribution >= 0.6 is 0 Å². The van der Waals surface area contributed by atoms with Crippen LogP contribution in [0.1, 0.15) is 47.6 Å². The maximum Gasteiger partial charge on any atom is 0.307 e. The molecule has 1 saturated carbocycles. The van der Waals surface area contributed by atoms with Gasteiger partial charge in [0.05, 0.1) is 30.6 Å². The number of aryl methyl sites for hydroxylation is 2. The minimum atomic E-state index is -0.815. The third-order valence-electron chi connectivity index (χ3n) is 7.18. The van der Waals surface area contributed by atoms with Crippen molar-refractivity contribution in [3.8, 4) is 22.8 Å². The van der Waals surface area contributed by atoms with E-state index in [0.717, 1.165) is 54.1 Å². The molecule has 8 heteroatoms. The predicted octanol–water partition coefficient (Wildman–Crippen LogP) is 5.47. The second-order valence-corrected chi connectivity index (χ2v) is 9.96. The first-order chi connectivity index (χ1) is 17.9. The van der Waals surface area contributed by atoms with E-state index >= 15 is 0 Å². The lowest BCUT2D eigenvalue weighted by Crippen LogP contribution is -2.21. The lowest BCUT2D eigenvalue weighted by molar-refractivity contribution is -0.138. The van der Waals surface area contributed by atoms with E-state index in [-0.39, 0.29) is 24.2 Å². The number of carboxylic acids is 1. The number of carbonyl (C=O) groups is 1. The van der Waals surface area contributed by atoms with Gasteiger partial charge in [0, 0.05) is 24.7 Å². The van der Waals surface area contributed by atoms with Crippen LogP contribution < -0.4 is 9.47 Å². The van der Waals surface area contributed by atoms with Crippen LogP contribution in [0.25, 0.3) is 11.1 Å². The molecule has 0 radical (unpaired) electrons. The summed E-state index contributed by atoms with van der Waals surface area (Å²) >= 11 is 0. The highest BCUT2D eigenvalue weighted by Gasteiger charge is 2.45. The summed E-state index contributed by atoms with van der Waals surface area (Å²) in [5, 5.41) is 9.08. The fourth-order valence-corrected chi connectivity index (χ4v) is 4.97. The van der Waals surface area contributed by atoms with Crippen LogP contribution in [0.5, 0.6) is 11.6 Å². The summed E-state index contributed by atoms with van der Waals surface area (Å²) in [7, 11) is 0. The number of nitrogens with zero attached hydrogens (tertiary/aromatic N) is 2. The lowest BCUT2D eigenvalue weighted by Gasteiger charge is -2.22. The van der Waals surface area contributed by atoms with Gasteiger partial charge in [-0.15, -0.1) is 0 Å². The van der Waals surface area contributed by atoms with Gasteiger partial charge in [0.1, 0.15) is 18.2 Å². The Morgan fingerprint density at radius 3 is 2.49 bits per heavy atom. The lowest BCUT2D eigenvalue weighted by atomic mass is 9.94. The number of hydrogen-bond donors (Lipinski definition) is 1. The SMILES string of the molecule is Cc1cc(OCC2CCOCC2)cc(C)c1-c1ccc(F)c(COc2cnc([C@H]3C[C@@H]3C(=O)O)cn2)c1. The highest BCUT2D eigenvalue weighted by atomic mass is 19.1. The molecule has 1 aliphatic carbocycles. The van der Waals surface area contributed by atoms with Crippen molar-refractivity contribution in [1.82, 2.24) is 9.97 Å². The van der Waals surface area contributed by atoms with Crippen molar-refractivity contribution in [2.45, 2.75) is 45.6 Å². The Morgan fingerprint density at radius 2 is 1.84 bits per heavy atom. The molecule has 0 amide bonds. The molecule has 37 heavy (non-hydrogen) atoms. The fourth-order valence-electron chi connectivity index (χ4n) is 4.97. The van der Waals surface area contributed by atoms with Gasteiger partial charge < -0.3 is 19.3 Å². The van der Waals surface area contributed by atoms with Crippen LogP contribution in [0.4, 0.5) is 4.39 Å². The van der Waals surface area contributed by atoms with E-state index in [0.29, 0.717) is 30.2 Å². The van der Waals surface area contributed by atoms with Gasteiger partial charge >= 0.3 is 5.97 Å². The standard InChI is InChI=1S/C29H31FN2O5/c1-17-9-22(36-15-19-5-7-35-8-6-19)10-18(2)28(17)20-3-4-25(30)21(11-20)16-37-27-14-31-26(13-32-27)23-12-24(23)29(33)34/h3-4,9-11,13-14,19,23-24H,5-8,12,15-16H2,1-2H3,(H,33,34)/t23-,24-/m0/s1. The van der Waals surface area contributed by atoms with Crippen LogP contribution in [-0.2, 0) is 16.1 Å². The molecule has 7 nitrogen and oxygen atoms in total. The molecule has 2 aliphatic rings. The zero-order valence-corrected chi connectivity index (χ0v) is 21.1. The smallest absolute Gasteiger partial charge is 0.307 e. The molecule has 0 spiro atoms. The summed E-state index contributed by atoms with van der Waals surface area (Å²) in [5.41, 5.74) is 5.11. The zero-order chi connectivity index (χ0) is 25.9. The van der Waals surface area contributed by atoms with Crippen LogP contribution in [0.3, 0.4) is 0 Å². The number of aliphatic carboxylic acids is 1. The molecule has 1 aromatic heterocycles. The van der Waals surface area contributed by atoms with Gasteiger partial charge in [0.15, 0.2) is 0 Å². The Balaban J connectivity index is 1.25. The maximum absolute atomic E-state index is 14.6. The summed E-state index contributed by atoms with van der Waals surface area (Å²) in [6.45, 7) is 6.36. The molecule has 0 unspecified atom stereocenters. The summed E-state index contributed by atoms with van der Waals surface area (Å²) < 4.78 is 31.9. The van der Waals surface area contributed by atoms with Crippen LogP contribution in [0.15, 0.2) is 42.7 Å². The quantitative estimate of drug-likeness (QED) is 0.411. The molecular weight excluding hydrogens is 475 g/mol. The Hall–Kier alpha value is -3.52. The van der Waals surface area contributed by atoms with E-state index in [9.17, 15) is 9.18 Å². The number of rotatable bonds is 9. The van der Waals surface area contributed by atoms with E-state index in [1.165, 1.54) is 18.5 Å². The van der Waals surface area contributed by atoms with E-state index in [4.69, 9.17) is 19.3 Å². The summed E-state index contributed by atoms with van der Waals surface area (Å²) in [6.07, 6.45) is 5.62. The van der Waals surface area contributed by atoms with E-state index < -0.39 is 11.9 Å². The summed E-state index contributed by atoms with van der Waals surface area (Å²) in [4.78, 5) is 19.6. The first kappa shape index (κ1) is 25.1. The normalized spacial score (nSPS) is 19.4. The molecule has 1 aliphatic heterocycles. The van der Waals surface area contributed by atoms with Crippen molar-refractivity contribution in [1.29, 1.82) is 0 Å². The van der Waals surface area contributed by atoms with E-state index in [1.807, 2.05) is 26.0 Å². The molecule has 3 aromatic rings. The Kier molecular flexibility index (Phi) is 7.37. The molecule has 2 heterocycles. The third kappa shape index (κ3) is 5.91. The second kappa shape index (κ2) is 10.8. The average Bonchev–Trinajstić information content (AvgIpc) is 3.70. The maximum atomic E-state index is 14.6. The van der Waals surface area contributed by atoms with Crippen molar-refractivity contribution < 1.29 is 28.5 Å². The van der Waals surface area contributed by atoms with Crippen molar-refractivity contribution in [2.75, 3.05) is 19.8 Å². The molecular formula is C29H31FN2O5. The van der Waals surface area contributed by atoms with Crippen LogP contribution in [0, 0.1) is 31.5 Å². The van der Waals surface area contributed by atoms with E-state index in [1.54, 1.807) is 12.1 Å². The minimum absolute atomic E-state index is 0.000722. The van der Waals surface area contributed by atoms with Gasteiger partial charge in [-0.2, -0.15) is 0 Å².